The molecule has 7 heteroatoms. The zero-order valence-electron chi connectivity index (χ0n) is 11.4. The van der Waals surface area contributed by atoms with Gasteiger partial charge < -0.3 is 10.1 Å². The summed E-state index contributed by atoms with van der Waals surface area (Å²) < 4.78 is 28.4. The lowest BCUT2D eigenvalue weighted by Crippen LogP contribution is -2.33. The maximum Gasteiger partial charge on any atom is 0.306 e. The lowest BCUT2D eigenvalue weighted by Gasteiger charge is -2.13. The van der Waals surface area contributed by atoms with Crippen LogP contribution in [0.3, 0.4) is 0 Å². The van der Waals surface area contributed by atoms with E-state index in [1.807, 2.05) is 6.92 Å². The molecule has 0 saturated heterocycles. The number of sulfone groups is 1. The maximum atomic E-state index is 11.9. The molecule has 0 heterocycles. The van der Waals surface area contributed by atoms with Crippen LogP contribution in [0.2, 0.25) is 0 Å². The average molecular weight is 291 g/mol. The van der Waals surface area contributed by atoms with Gasteiger partial charge in [-0.25, -0.2) is 8.42 Å². The van der Waals surface area contributed by atoms with Crippen molar-refractivity contribution in [2.75, 3.05) is 25.2 Å². The molecule has 0 aromatic heterocycles. The summed E-state index contributed by atoms with van der Waals surface area (Å²) in [6.45, 7) is 2.37. The second kappa shape index (κ2) is 6.36. The van der Waals surface area contributed by atoms with E-state index < -0.39 is 32.9 Å². The number of ether oxygens (including phenoxy) is 1. The predicted molar refractivity (Wildman–Crippen MR) is 70.3 cm³/mol. The lowest BCUT2D eigenvalue weighted by atomic mass is 10.1. The number of nitrogens with one attached hydrogen (secondary N) is 1. The summed E-state index contributed by atoms with van der Waals surface area (Å²) in [6, 6.07) is 0. The van der Waals surface area contributed by atoms with Gasteiger partial charge >= 0.3 is 5.97 Å². The van der Waals surface area contributed by atoms with Crippen LogP contribution < -0.4 is 5.32 Å². The largest absolute Gasteiger partial charge is 0.469 e. The summed E-state index contributed by atoms with van der Waals surface area (Å²) in [6.07, 6.45) is 2.26. The Balaban J connectivity index is 2.50. The number of methoxy groups -OCH3 is 1. The van der Waals surface area contributed by atoms with Gasteiger partial charge in [-0.05, 0) is 24.7 Å². The zero-order chi connectivity index (χ0) is 14.5. The van der Waals surface area contributed by atoms with E-state index in [2.05, 4.69) is 10.1 Å². The van der Waals surface area contributed by atoms with Crippen LogP contribution in [0.4, 0.5) is 0 Å². The van der Waals surface area contributed by atoms with Crippen molar-refractivity contribution in [3.05, 3.63) is 0 Å². The second-order valence-corrected chi connectivity index (χ2v) is 7.20. The first kappa shape index (κ1) is 15.9. The van der Waals surface area contributed by atoms with E-state index in [0.29, 0.717) is 19.4 Å². The normalized spacial score (nSPS) is 16.7. The van der Waals surface area contributed by atoms with E-state index in [9.17, 15) is 18.0 Å². The molecule has 110 valence electrons. The van der Waals surface area contributed by atoms with Crippen molar-refractivity contribution < 1.29 is 22.7 Å². The first-order chi connectivity index (χ1) is 8.82. The fraction of sp³-hybridized carbons (Fsp3) is 0.833. The maximum absolute atomic E-state index is 11.9. The Bertz CT molecular complexity index is 439. The molecule has 1 N–H and O–H groups in total. The molecule has 6 nitrogen and oxygen atoms in total. The summed E-state index contributed by atoms with van der Waals surface area (Å²) >= 11 is 0. The highest BCUT2D eigenvalue weighted by atomic mass is 32.2. The molecular formula is C12H21NO5S. The fourth-order valence-electron chi connectivity index (χ4n) is 1.96. The van der Waals surface area contributed by atoms with Crippen LogP contribution in [0.5, 0.6) is 0 Å². The Morgan fingerprint density at radius 1 is 1.32 bits per heavy atom. The Kier molecular flexibility index (Phi) is 5.34. The first-order valence-corrected chi connectivity index (χ1v) is 8.18. The molecule has 1 aliphatic carbocycles. The van der Waals surface area contributed by atoms with Crippen LogP contribution in [0.1, 0.15) is 32.6 Å². The minimum absolute atomic E-state index is 0.110. The number of rotatable bonds is 8. The number of carbonyl (C=O) groups is 2. The summed E-state index contributed by atoms with van der Waals surface area (Å²) in [5.74, 6) is -1.50. The quantitative estimate of drug-likeness (QED) is 0.648. The van der Waals surface area contributed by atoms with E-state index >= 15 is 0 Å². The van der Waals surface area contributed by atoms with Gasteiger partial charge in [0, 0.05) is 6.54 Å². The fourth-order valence-corrected chi connectivity index (χ4v) is 3.89. The van der Waals surface area contributed by atoms with Crippen molar-refractivity contribution in [3.63, 3.8) is 0 Å². The SMILES string of the molecule is CCCNC(=O)CS(=O)(=O)CC1(CC(=O)OC)CC1. The first-order valence-electron chi connectivity index (χ1n) is 6.36. The summed E-state index contributed by atoms with van der Waals surface area (Å²) in [7, 11) is -2.20. The van der Waals surface area contributed by atoms with Crippen molar-refractivity contribution >= 4 is 21.7 Å². The van der Waals surface area contributed by atoms with Gasteiger partial charge in [-0.1, -0.05) is 6.92 Å². The van der Waals surface area contributed by atoms with Gasteiger partial charge in [-0.15, -0.1) is 0 Å². The van der Waals surface area contributed by atoms with Gasteiger partial charge in [0.2, 0.25) is 5.91 Å². The Hall–Kier alpha value is -1.11. The van der Waals surface area contributed by atoms with Crippen molar-refractivity contribution in [2.45, 2.75) is 32.6 Å². The van der Waals surface area contributed by atoms with E-state index in [4.69, 9.17) is 0 Å². The van der Waals surface area contributed by atoms with Crippen molar-refractivity contribution in [2.24, 2.45) is 5.41 Å². The number of esters is 1. The minimum atomic E-state index is -3.48. The molecule has 0 spiro atoms. The molecule has 0 atom stereocenters. The highest BCUT2D eigenvalue weighted by Crippen LogP contribution is 2.50. The van der Waals surface area contributed by atoms with E-state index in [1.54, 1.807) is 0 Å². The van der Waals surface area contributed by atoms with Crippen LogP contribution in [0, 0.1) is 5.41 Å². The van der Waals surface area contributed by atoms with Crippen molar-refractivity contribution in [3.8, 4) is 0 Å². The highest BCUT2D eigenvalue weighted by molar-refractivity contribution is 7.92. The third-order valence-corrected chi connectivity index (χ3v) is 4.91. The summed E-state index contributed by atoms with van der Waals surface area (Å²) in [5.41, 5.74) is -0.503. The number of carbonyl (C=O) groups excluding carboxylic acids is 2. The van der Waals surface area contributed by atoms with Crippen LogP contribution in [-0.4, -0.2) is 45.5 Å². The molecule has 0 aromatic carbocycles. The van der Waals surface area contributed by atoms with Crippen LogP contribution >= 0.6 is 0 Å². The highest BCUT2D eigenvalue weighted by Gasteiger charge is 2.48. The molecule has 1 fully saturated rings. The van der Waals surface area contributed by atoms with Gasteiger partial charge in [0.25, 0.3) is 0 Å². The molecule has 1 aliphatic rings. The topological polar surface area (TPSA) is 89.5 Å². The van der Waals surface area contributed by atoms with Gasteiger partial charge in [0.15, 0.2) is 9.84 Å². The predicted octanol–water partition coefficient (Wildman–Crippen LogP) is 0.271. The van der Waals surface area contributed by atoms with Crippen molar-refractivity contribution in [1.29, 1.82) is 0 Å². The molecule has 0 aromatic rings. The van der Waals surface area contributed by atoms with Crippen molar-refractivity contribution in [1.82, 2.24) is 5.32 Å². The van der Waals surface area contributed by atoms with E-state index in [1.165, 1.54) is 7.11 Å². The van der Waals surface area contributed by atoms with Crippen LogP contribution in [-0.2, 0) is 24.2 Å². The van der Waals surface area contributed by atoms with E-state index in [-0.39, 0.29) is 12.2 Å². The minimum Gasteiger partial charge on any atom is -0.469 e. The molecule has 1 rings (SSSR count). The molecule has 19 heavy (non-hydrogen) atoms. The number of amides is 1. The number of hydrogen-bond acceptors (Lipinski definition) is 5. The molecule has 0 unspecified atom stereocenters. The lowest BCUT2D eigenvalue weighted by molar-refractivity contribution is -0.141. The monoisotopic (exact) mass is 291 g/mol. The van der Waals surface area contributed by atoms with Gasteiger partial charge in [0.05, 0.1) is 19.3 Å². The van der Waals surface area contributed by atoms with Gasteiger partial charge in [-0.2, -0.15) is 0 Å². The summed E-state index contributed by atoms with van der Waals surface area (Å²) in [4.78, 5) is 22.6. The molecule has 1 saturated carbocycles. The van der Waals surface area contributed by atoms with Crippen LogP contribution in [0.15, 0.2) is 0 Å². The third-order valence-electron chi connectivity index (χ3n) is 3.15. The number of hydrogen-bond donors (Lipinski definition) is 1. The van der Waals surface area contributed by atoms with Crippen LogP contribution in [0.25, 0.3) is 0 Å². The third kappa shape index (κ3) is 5.59. The Morgan fingerprint density at radius 2 is 1.95 bits per heavy atom. The molecule has 0 bridgehead atoms. The average Bonchev–Trinajstić information content (AvgIpc) is 3.03. The molecule has 0 radical (unpaired) electrons. The van der Waals surface area contributed by atoms with Gasteiger partial charge in [0.1, 0.15) is 5.75 Å². The molecule has 1 amide bonds. The molecule has 0 aliphatic heterocycles. The Morgan fingerprint density at radius 3 is 2.42 bits per heavy atom. The van der Waals surface area contributed by atoms with E-state index in [0.717, 1.165) is 6.42 Å². The summed E-state index contributed by atoms with van der Waals surface area (Å²) in [5, 5.41) is 2.54. The van der Waals surface area contributed by atoms with Gasteiger partial charge in [-0.3, -0.25) is 9.59 Å². The molecular weight excluding hydrogens is 270 g/mol. The smallest absolute Gasteiger partial charge is 0.306 e. The Labute approximate surface area is 113 Å². The zero-order valence-corrected chi connectivity index (χ0v) is 12.2. The standard InChI is InChI=1S/C12H21NO5S/c1-3-6-13-10(14)8-19(16,17)9-12(4-5-12)7-11(15)18-2/h3-9H2,1-2H3,(H,13,14). The second-order valence-electron chi connectivity index (χ2n) is 5.14.